The highest BCUT2D eigenvalue weighted by atomic mass is 14.8. The molecule has 0 saturated carbocycles. The van der Waals surface area contributed by atoms with E-state index in [-0.39, 0.29) is 11.8 Å². The topological polar surface area (TPSA) is 37.6 Å². The minimum Gasteiger partial charge on any atom is -0.251 e. The Bertz CT molecular complexity index is 2270. The molecule has 0 spiro atoms. The molecule has 0 aliphatic heterocycles. The summed E-state index contributed by atoms with van der Waals surface area (Å²) in [4.78, 5) is 16.2. The van der Waals surface area contributed by atoms with E-state index in [1.807, 2.05) is 0 Å². The van der Waals surface area contributed by atoms with Crippen molar-refractivity contribution < 1.29 is 0 Å². The molecule has 1 heterocycles. The SMILES string of the molecule is CC(=Nc1c(C(C)C)cccc1C(C)C)c1cccc(C(C)=Nc2c(C(c3ccccc3)c3ccccc3)cc(C)cc2C(c2ccccc2)c2ccccc2)n1. The molecule has 0 saturated heterocycles. The first-order valence-electron chi connectivity index (χ1n) is 20.2. The Hall–Kier alpha value is -6.19. The van der Waals surface area contributed by atoms with Gasteiger partial charge in [0.15, 0.2) is 0 Å². The summed E-state index contributed by atoms with van der Waals surface area (Å²) in [6.07, 6.45) is 0. The maximum absolute atomic E-state index is 5.69. The molecule has 0 radical (unpaired) electrons. The van der Waals surface area contributed by atoms with Crippen LogP contribution in [0.1, 0.15) is 127 Å². The van der Waals surface area contributed by atoms with Crippen molar-refractivity contribution in [2.75, 3.05) is 0 Å². The van der Waals surface area contributed by atoms with Gasteiger partial charge >= 0.3 is 0 Å². The van der Waals surface area contributed by atoms with Gasteiger partial charge in [-0.2, -0.15) is 0 Å². The fraction of sp³-hybridized carbons (Fsp3) is 0.204. The highest BCUT2D eigenvalue weighted by Gasteiger charge is 2.27. The van der Waals surface area contributed by atoms with Crippen molar-refractivity contribution in [1.29, 1.82) is 0 Å². The van der Waals surface area contributed by atoms with E-state index in [0.29, 0.717) is 11.8 Å². The molecule has 0 amide bonds. The van der Waals surface area contributed by atoms with E-state index in [1.165, 1.54) is 50.1 Å². The number of aryl methyl sites for hydroxylation is 1. The first-order chi connectivity index (χ1) is 27.7. The lowest BCUT2D eigenvalue weighted by Gasteiger charge is -2.27. The molecule has 0 fully saturated rings. The van der Waals surface area contributed by atoms with Gasteiger partial charge in [0, 0.05) is 11.8 Å². The first-order valence-corrected chi connectivity index (χ1v) is 20.2. The number of nitrogens with zero attached hydrogens (tertiary/aromatic N) is 3. The molecule has 7 aromatic rings. The largest absolute Gasteiger partial charge is 0.251 e. The molecule has 0 N–H and O–H groups in total. The van der Waals surface area contributed by atoms with Gasteiger partial charge in [0.25, 0.3) is 0 Å². The zero-order valence-electron chi connectivity index (χ0n) is 34.3. The molecular formula is C54H53N3. The van der Waals surface area contributed by atoms with Gasteiger partial charge < -0.3 is 0 Å². The summed E-state index contributed by atoms with van der Waals surface area (Å²) in [5.74, 6) is 0.616. The molecule has 0 unspecified atom stereocenters. The molecule has 0 atom stereocenters. The van der Waals surface area contributed by atoms with E-state index < -0.39 is 0 Å². The van der Waals surface area contributed by atoms with Gasteiger partial charge in [-0.15, -0.1) is 0 Å². The Morgan fingerprint density at radius 1 is 0.404 bits per heavy atom. The second-order valence-electron chi connectivity index (χ2n) is 15.7. The fourth-order valence-electron chi connectivity index (χ4n) is 8.02. The summed E-state index contributed by atoms with van der Waals surface area (Å²) in [6, 6.07) is 60.8. The van der Waals surface area contributed by atoms with E-state index in [2.05, 4.69) is 218 Å². The predicted octanol–water partition coefficient (Wildman–Crippen LogP) is 14.3. The van der Waals surface area contributed by atoms with Gasteiger partial charge in [-0.25, -0.2) is 4.98 Å². The van der Waals surface area contributed by atoms with Gasteiger partial charge in [-0.3, -0.25) is 9.98 Å². The van der Waals surface area contributed by atoms with Gasteiger partial charge in [0.2, 0.25) is 0 Å². The normalized spacial score (nSPS) is 12.3. The van der Waals surface area contributed by atoms with Crippen LogP contribution >= 0.6 is 0 Å². The van der Waals surface area contributed by atoms with Gasteiger partial charge in [-0.1, -0.05) is 191 Å². The van der Waals surface area contributed by atoms with Crippen LogP contribution in [0.5, 0.6) is 0 Å². The molecular weight excluding hydrogens is 691 g/mol. The first kappa shape index (κ1) is 39.1. The molecule has 284 valence electrons. The van der Waals surface area contributed by atoms with Crippen molar-refractivity contribution in [3.63, 3.8) is 0 Å². The second-order valence-corrected chi connectivity index (χ2v) is 15.7. The third-order valence-corrected chi connectivity index (χ3v) is 10.9. The minimum atomic E-state index is -0.0466. The number of aromatic nitrogens is 1. The number of hydrogen-bond acceptors (Lipinski definition) is 3. The van der Waals surface area contributed by atoms with Crippen molar-refractivity contribution >= 4 is 22.8 Å². The standard InChI is InChI=1S/C54H53N3/c1-36(2)45-30-20-31-46(37(3)4)53(45)55-39(6)49-32-21-33-50(57-49)40(7)56-54-47(51(41-22-12-8-13-23-41)42-24-14-9-15-25-42)34-38(5)35-48(54)52(43-26-16-10-17-27-43)44-28-18-11-19-29-44/h8-37,51-52H,1-7H3. The van der Waals surface area contributed by atoms with Crippen LogP contribution in [0.4, 0.5) is 11.4 Å². The van der Waals surface area contributed by atoms with Crippen molar-refractivity contribution in [2.45, 2.75) is 72.1 Å². The number of rotatable bonds is 12. The Balaban J connectivity index is 1.45. The molecule has 0 bridgehead atoms. The summed E-state index contributed by atoms with van der Waals surface area (Å²) in [6.45, 7) is 15.3. The average Bonchev–Trinajstić information content (AvgIpc) is 3.23. The second kappa shape index (κ2) is 17.7. The Morgan fingerprint density at radius 2 is 0.719 bits per heavy atom. The summed E-state index contributed by atoms with van der Waals surface area (Å²) in [7, 11) is 0. The van der Waals surface area contributed by atoms with Crippen molar-refractivity contribution in [1.82, 2.24) is 4.98 Å². The lowest BCUT2D eigenvalue weighted by atomic mass is 9.78. The summed E-state index contributed by atoms with van der Waals surface area (Å²) >= 11 is 0. The molecule has 0 aliphatic carbocycles. The van der Waals surface area contributed by atoms with Crippen LogP contribution in [0.15, 0.2) is 180 Å². The Kier molecular flexibility index (Phi) is 12.2. The van der Waals surface area contributed by atoms with Gasteiger partial charge in [0.1, 0.15) is 0 Å². The Morgan fingerprint density at radius 3 is 1.05 bits per heavy atom. The fourth-order valence-corrected chi connectivity index (χ4v) is 8.02. The molecule has 1 aromatic heterocycles. The Labute approximate surface area is 340 Å². The zero-order valence-corrected chi connectivity index (χ0v) is 34.3. The van der Waals surface area contributed by atoms with E-state index in [9.17, 15) is 0 Å². The number of aliphatic imine (C=N–C) groups is 2. The van der Waals surface area contributed by atoms with Crippen molar-refractivity contribution in [3.05, 3.63) is 231 Å². The van der Waals surface area contributed by atoms with Crippen molar-refractivity contribution in [2.24, 2.45) is 9.98 Å². The smallest absolute Gasteiger partial charge is 0.0849 e. The van der Waals surface area contributed by atoms with Crippen LogP contribution < -0.4 is 0 Å². The van der Waals surface area contributed by atoms with Crippen LogP contribution in [-0.4, -0.2) is 16.4 Å². The quantitative estimate of drug-likeness (QED) is 0.0907. The maximum atomic E-state index is 5.69. The lowest BCUT2D eigenvalue weighted by molar-refractivity contribution is 0.834. The van der Waals surface area contributed by atoms with Crippen LogP contribution in [0.2, 0.25) is 0 Å². The highest BCUT2D eigenvalue weighted by Crippen LogP contribution is 2.45. The molecule has 3 nitrogen and oxygen atoms in total. The summed E-state index contributed by atoms with van der Waals surface area (Å²) < 4.78 is 0. The molecule has 3 heteroatoms. The minimum absolute atomic E-state index is 0.0466. The van der Waals surface area contributed by atoms with E-state index in [1.54, 1.807) is 0 Å². The van der Waals surface area contributed by atoms with E-state index >= 15 is 0 Å². The summed E-state index contributed by atoms with van der Waals surface area (Å²) in [5.41, 5.74) is 16.4. The van der Waals surface area contributed by atoms with Crippen LogP contribution in [0.3, 0.4) is 0 Å². The highest BCUT2D eigenvalue weighted by molar-refractivity contribution is 6.02. The number of hydrogen-bond donors (Lipinski definition) is 0. The maximum Gasteiger partial charge on any atom is 0.0849 e. The number of benzene rings is 6. The molecule has 0 aliphatic rings. The van der Waals surface area contributed by atoms with Crippen molar-refractivity contribution in [3.8, 4) is 0 Å². The monoisotopic (exact) mass is 743 g/mol. The molecule has 6 aromatic carbocycles. The third-order valence-electron chi connectivity index (χ3n) is 10.9. The van der Waals surface area contributed by atoms with Crippen LogP contribution in [-0.2, 0) is 0 Å². The lowest BCUT2D eigenvalue weighted by Crippen LogP contribution is -2.11. The number of para-hydroxylation sites is 1. The predicted molar refractivity (Wildman–Crippen MR) is 241 cm³/mol. The summed E-state index contributed by atoms with van der Waals surface area (Å²) in [5, 5.41) is 0. The van der Waals surface area contributed by atoms with E-state index in [4.69, 9.17) is 15.0 Å². The van der Waals surface area contributed by atoms with Crippen LogP contribution in [0, 0.1) is 6.92 Å². The third kappa shape index (κ3) is 8.79. The molecule has 57 heavy (non-hydrogen) atoms. The van der Waals surface area contributed by atoms with E-state index in [0.717, 1.165) is 34.2 Å². The zero-order chi connectivity index (χ0) is 39.9. The van der Waals surface area contributed by atoms with Crippen LogP contribution in [0.25, 0.3) is 0 Å². The van der Waals surface area contributed by atoms with Gasteiger partial charge in [-0.05, 0) is 89.2 Å². The number of pyridine rings is 1. The van der Waals surface area contributed by atoms with Gasteiger partial charge in [0.05, 0.1) is 34.2 Å². The average molecular weight is 744 g/mol. The molecule has 7 rings (SSSR count).